The van der Waals surface area contributed by atoms with Crippen molar-refractivity contribution in [2.45, 2.75) is 37.4 Å². The number of ether oxygens (including phenoxy) is 1. The molecule has 0 saturated carbocycles. The Bertz CT molecular complexity index is 1800. The van der Waals surface area contributed by atoms with Gasteiger partial charge in [0.25, 0.3) is 5.91 Å². The first kappa shape index (κ1) is 27.9. The number of likely N-dealkylation sites (N-methyl/N-ethyl adjacent to an activating group) is 1. The third-order valence-corrected chi connectivity index (χ3v) is 9.47. The van der Waals surface area contributed by atoms with Crippen molar-refractivity contribution in [1.82, 2.24) is 19.8 Å². The molecule has 43 heavy (non-hydrogen) atoms. The predicted octanol–water partition coefficient (Wildman–Crippen LogP) is 6.13. The molecule has 3 aromatic carbocycles. The lowest BCUT2D eigenvalue weighted by molar-refractivity contribution is -0.130. The molecule has 4 aromatic rings. The second-order valence-electron chi connectivity index (χ2n) is 11.5. The van der Waals surface area contributed by atoms with Gasteiger partial charge in [-0.25, -0.2) is 13.2 Å². The zero-order valence-corrected chi connectivity index (χ0v) is 24.3. The highest BCUT2D eigenvalue weighted by molar-refractivity contribution is 6.37. The van der Waals surface area contributed by atoms with Crippen molar-refractivity contribution in [1.29, 1.82) is 0 Å². The molecule has 0 spiro atoms. The predicted molar refractivity (Wildman–Crippen MR) is 160 cm³/mol. The maximum absolute atomic E-state index is 16.0. The summed E-state index contributed by atoms with van der Waals surface area (Å²) in [6.45, 7) is 5.35. The minimum absolute atomic E-state index is 0.0800. The number of aromatic nitrogens is 2. The number of benzene rings is 3. The molecule has 3 aliphatic heterocycles. The quantitative estimate of drug-likeness (QED) is 0.246. The van der Waals surface area contributed by atoms with Crippen LogP contribution in [0.5, 0.6) is 6.01 Å². The number of anilines is 1. The lowest BCUT2D eigenvalue weighted by atomic mass is 9.94. The van der Waals surface area contributed by atoms with Gasteiger partial charge in [-0.1, -0.05) is 42.4 Å². The highest BCUT2D eigenvalue weighted by Crippen LogP contribution is 2.42. The Balaban J connectivity index is 1.32. The maximum Gasteiger partial charge on any atom is 0.319 e. The molecule has 3 fully saturated rings. The lowest BCUT2D eigenvalue weighted by Gasteiger charge is -2.47. The van der Waals surface area contributed by atoms with Gasteiger partial charge in [0.2, 0.25) is 0 Å². The van der Waals surface area contributed by atoms with Gasteiger partial charge in [0.05, 0.1) is 22.6 Å². The zero-order chi connectivity index (χ0) is 30.0. The van der Waals surface area contributed by atoms with Crippen LogP contribution >= 0.6 is 11.6 Å². The molecule has 11 heteroatoms. The Morgan fingerprint density at radius 2 is 1.91 bits per heavy atom. The van der Waals surface area contributed by atoms with E-state index in [0.717, 1.165) is 19.4 Å². The van der Waals surface area contributed by atoms with E-state index in [4.69, 9.17) is 21.3 Å². The summed E-state index contributed by atoms with van der Waals surface area (Å²) >= 11 is 6.38. The van der Waals surface area contributed by atoms with Crippen molar-refractivity contribution in [2.24, 2.45) is 0 Å². The molecule has 1 amide bonds. The monoisotopic (exact) mass is 607 g/mol. The van der Waals surface area contributed by atoms with E-state index >= 15 is 4.39 Å². The van der Waals surface area contributed by atoms with E-state index in [1.807, 2.05) is 4.90 Å². The Morgan fingerprint density at radius 3 is 2.67 bits per heavy atom. The normalized spacial score (nSPS) is 21.8. The number of carbonyl (C=O) groups is 1. The van der Waals surface area contributed by atoms with Crippen LogP contribution < -0.4 is 9.64 Å². The van der Waals surface area contributed by atoms with E-state index in [1.54, 1.807) is 30.3 Å². The summed E-state index contributed by atoms with van der Waals surface area (Å²) in [4.78, 5) is 27.5. The van der Waals surface area contributed by atoms with Crippen molar-refractivity contribution in [3.63, 3.8) is 0 Å². The Morgan fingerprint density at radius 1 is 1.07 bits per heavy atom. The van der Waals surface area contributed by atoms with Crippen LogP contribution in [-0.4, -0.2) is 77.1 Å². The number of halogens is 4. The summed E-state index contributed by atoms with van der Waals surface area (Å²) in [6.07, 6.45) is 2.70. The van der Waals surface area contributed by atoms with Gasteiger partial charge in [0.1, 0.15) is 24.1 Å². The molecule has 0 aliphatic carbocycles. The fourth-order valence-electron chi connectivity index (χ4n) is 6.77. The first-order chi connectivity index (χ1) is 20.7. The summed E-state index contributed by atoms with van der Waals surface area (Å²) in [6, 6.07) is 11.3. The summed E-state index contributed by atoms with van der Waals surface area (Å²) in [5.41, 5.74) is 1.11. The molecule has 3 aliphatic rings. The molecule has 1 unspecified atom stereocenters. The summed E-state index contributed by atoms with van der Waals surface area (Å²) in [5.74, 6) is -2.33. The van der Waals surface area contributed by atoms with E-state index in [1.165, 1.54) is 17.0 Å². The number of carbonyl (C=O) groups excluding carboxylic acids is 1. The molecule has 3 atom stereocenters. The molecule has 4 heterocycles. The topological polar surface area (TPSA) is 61.8 Å². The van der Waals surface area contributed by atoms with Crippen molar-refractivity contribution < 1.29 is 22.7 Å². The van der Waals surface area contributed by atoms with Crippen LogP contribution in [0, 0.1) is 11.6 Å². The van der Waals surface area contributed by atoms with Gasteiger partial charge >= 0.3 is 6.01 Å². The number of nitrogens with zero attached hydrogens (tertiary/aromatic N) is 5. The first-order valence-electron chi connectivity index (χ1n) is 14.3. The second-order valence-corrected chi connectivity index (χ2v) is 11.9. The highest BCUT2D eigenvalue weighted by atomic mass is 35.5. The average Bonchev–Trinajstić information content (AvgIpc) is 3.54. The summed E-state index contributed by atoms with van der Waals surface area (Å²) in [5, 5.41) is 1.48. The van der Waals surface area contributed by atoms with Crippen molar-refractivity contribution >= 4 is 45.0 Å². The van der Waals surface area contributed by atoms with Gasteiger partial charge in [-0.15, -0.1) is 0 Å². The maximum atomic E-state index is 16.0. The molecule has 7 nitrogen and oxygen atoms in total. The zero-order valence-electron chi connectivity index (χ0n) is 23.5. The number of rotatable bonds is 6. The Kier molecular flexibility index (Phi) is 6.93. The molecular formula is C32H29ClF3N5O2. The van der Waals surface area contributed by atoms with Gasteiger partial charge in [-0.3, -0.25) is 4.79 Å². The summed E-state index contributed by atoms with van der Waals surface area (Å²) < 4.78 is 50.3. The van der Waals surface area contributed by atoms with Crippen LogP contribution in [-0.2, 0) is 4.79 Å². The molecule has 0 radical (unpaired) electrons. The smallest absolute Gasteiger partial charge is 0.319 e. The van der Waals surface area contributed by atoms with Crippen LogP contribution in [0.4, 0.5) is 19.0 Å². The first-order valence-corrected chi connectivity index (χ1v) is 14.7. The molecule has 222 valence electrons. The van der Waals surface area contributed by atoms with Gasteiger partial charge in [0, 0.05) is 35.5 Å². The van der Waals surface area contributed by atoms with Gasteiger partial charge in [0.15, 0.2) is 5.83 Å². The molecule has 3 saturated heterocycles. The highest BCUT2D eigenvalue weighted by Gasteiger charge is 2.50. The van der Waals surface area contributed by atoms with Crippen molar-refractivity contribution in [2.75, 3.05) is 38.2 Å². The lowest BCUT2D eigenvalue weighted by Crippen LogP contribution is -2.63. The van der Waals surface area contributed by atoms with Crippen LogP contribution in [0.3, 0.4) is 0 Å². The second kappa shape index (κ2) is 10.7. The number of amides is 1. The van der Waals surface area contributed by atoms with Crippen molar-refractivity contribution in [3.05, 3.63) is 71.5 Å². The van der Waals surface area contributed by atoms with E-state index in [9.17, 15) is 13.6 Å². The van der Waals surface area contributed by atoms with Crippen LogP contribution in [0.25, 0.3) is 32.8 Å². The molecule has 7 rings (SSSR count). The van der Waals surface area contributed by atoms with Gasteiger partial charge in [-0.05, 0) is 62.0 Å². The fourth-order valence-corrected chi connectivity index (χ4v) is 7.04. The number of hydrogen-bond acceptors (Lipinski definition) is 6. The van der Waals surface area contributed by atoms with Gasteiger partial charge < -0.3 is 19.4 Å². The molecule has 1 aromatic heterocycles. The van der Waals surface area contributed by atoms with E-state index in [0.29, 0.717) is 59.2 Å². The Labute approximate surface area is 251 Å². The van der Waals surface area contributed by atoms with E-state index in [2.05, 4.69) is 23.5 Å². The third kappa shape index (κ3) is 4.67. The average molecular weight is 608 g/mol. The molecule has 0 N–H and O–H groups in total. The summed E-state index contributed by atoms with van der Waals surface area (Å²) in [7, 11) is 2.06. The number of likely N-dealkylation sites (tertiary alicyclic amines) is 2. The minimum atomic E-state index is -0.984. The van der Waals surface area contributed by atoms with E-state index < -0.39 is 23.4 Å². The standard InChI is InChI=1S/C32H29ClF3N5O2/c1-17(34)31(42)40-12-10-26-27(40)15-41(26)30-22-13-24(36)21(20-7-3-5-18-8-9-23(35)29(33)28(18)20)14-25(22)37-32(38-30)43-16-19-6-4-11-39(19)2/h3,5,7-9,13-14,19,26-27H,1,4,6,10-12,15-16H2,2H3/t19-,26?,27+/m0/s1. The van der Waals surface area contributed by atoms with Crippen LogP contribution in [0.15, 0.2) is 54.9 Å². The van der Waals surface area contributed by atoms with E-state index in [-0.39, 0.29) is 34.7 Å². The molecule has 0 bridgehead atoms. The third-order valence-electron chi connectivity index (χ3n) is 9.10. The largest absolute Gasteiger partial charge is 0.462 e. The molecular weight excluding hydrogens is 579 g/mol. The fraction of sp³-hybridized carbons (Fsp3) is 0.344. The van der Waals surface area contributed by atoms with Gasteiger partial charge in [-0.2, -0.15) is 9.97 Å². The van der Waals surface area contributed by atoms with Crippen LogP contribution in [0.2, 0.25) is 5.02 Å². The van der Waals surface area contributed by atoms with Crippen molar-refractivity contribution in [3.8, 4) is 17.1 Å². The minimum Gasteiger partial charge on any atom is -0.462 e. The SMILES string of the molecule is C=C(F)C(=O)N1CCC2[C@H]1CN2c1nc(OC[C@@H]2CCCN2C)nc2cc(-c3cccc4ccc(F)c(Cl)c34)c(F)cc12. The number of fused-ring (bicyclic) bond motifs is 3. The van der Waals surface area contributed by atoms with Crippen LogP contribution in [0.1, 0.15) is 19.3 Å². The Hall–Kier alpha value is -3.89. The number of hydrogen-bond donors (Lipinski definition) is 0.